The van der Waals surface area contributed by atoms with Crippen LogP contribution >= 0.6 is 27.5 Å². The van der Waals surface area contributed by atoms with E-state index in [1.165, 1.54) is 12.3 Å². The average Bonchev–Trinajstić information content (AvgIpc) is 2.34. The van der Waals surface area contributed by atoms with Gasteiger partial charge in [-0.25, -0.2) is 4.39 Å². The van der Waals surface area contributed by atoms with Crippen LogP contribution in [0, 0.1) is 5.82 Å². The number of pyridine rings is 1. The van der Waals surface area contributed by atoms with Crippen LogP contribution in [0.1, 0.15) is 17.3 Å². The third-order valence-corrected chi connectivity index (χ3v) is 3.29. The summed E-state index contributed by atoms with van der Waals surface area (Å²) in [5.41, 5.74) is 7.27. The minimum atomic E-state index is -0.355. The van der Waals surface area contributed by atoms with Crippen LogP contribution in [-0.4, -0.2) is 4.98 Å². The van der Waals surface area contributed by atoms with Gasteiger partial charge in [-0.1, -0.05) is 27.5 Å². The maximum absolute atomic E-state index is 13.6. The Balaban J connectivity index is 2.18. The minimum Gasteiger partial charge on any atom is -0.322 e. The molecule has 0 aliphatic rings. The summed E-state index contributed by atoms with van der Waals surface area (Å²) in [6.07, 6.45) is 1.92. The molecule has 2 rings (SSSR count). The highest BCUT2D eigenvalue weighted by atomic mass is 79.9. The van der Waals surface area contributed by atoms with Gasteiger partial charge < -0.3 is 5.73 Å². The van der Waals surface area contributed by atoms with Gasteiger partial charge in [0.15, 0.2) is 0 Å². The van der Waals surface area contributed by atoms with Gasteiger partial charge in [0.2, 0.25) is 0 Å². The number of aromatic nitrogens is 1. The van der Waals surface area contributed by atoms with Gasteiger partial charge in [-0.15, -0.1) is 0 Å². The topological polar surface area (TPSA) is 38.9 Å². The van der Waals surface area contributed by atoms with Crippen LogP contribution in [0.2, 0.25) is 5.02 Å². The second-order valence-corrected chi connectivity index (χ2v) is 5.30. The molecule has 2 N–H and O–H groups in total. The van der Waals surface area contributed by atoms with Gasteiger partial charge >= 0.3 is 0 Å². The SMILES string of the molecule is NC(Cc1cc(Br)ccc1F)c1ccc(Cl)cn1. The van der Waals surface area contributed by atoms with E-state index >= 15 is 0 Å². The van der Waals surface area contributed by atoms with E-state index < -0.39 is 0 Å². The number of rotatable bonds is 3. The van der Waals surface area contributed by atoms with Crippen molar-refractivity contribution in [3.63, 3.8) is 0 Å². The van der Waals surface area contributed by atoms with Crippen LogP contribution < -0.4 is 5.73 Å². The lowest BCUT2D eigenvalue weighted by molar-refractivity contribution is 0.589. The van der Waals surface area contributed by atoms with Crippen LogP contribution in [0.15, 0.2) is 41.0 Å². The van der Waals surface area contributed by atoms with Crippen molar-refractivity contribution < 1.29 is 4.39 Å². The van der Waals surface area contributed by atoms with Crippen molar-refractivity contribution in [2.24, 2.45) is 5.73 Å². The molecule has 94 valence electrons. The number of benzene rings is 1. The first-order valence-electron chi connectivity index (χ1n) is 5.37. The minimum absolute atomic E-state index is 0.261. The first-order valence-corrected chi connectivity index (χ1v) is 6.54. The normalized spacial score (nSPS) is 12.4. The van der Waals surface area contributed by atoms with Crippen molar-refractivity contribution in [1.29, 1.82) is 0 Å². The van der Waals surface area contributed by atoms with Crippen LogP contribution in [0.5, 0.6) is 0 Å². The number of hydrogen-bond acceptors (Lipinski definition) is 2. The van der Waals surface area contributed by atoms with Crippen molar-refractivity contribution in [1.82, 2.24) is 4.98 Å². The first kappa shape index (κ1) is 13.5. The molecule has 0 aliphatic carbocycles. The molecule has 2 aromatic rings. The van der Waals surface area contributed by atoms with Crippen LogP contribution in [-0.2, 0) is 6.42 Å². The zero-order valence-electron chi connectivity index (χ0n) is 9.41. The Morgan fingerprint density at radius 2 is 2.11 bits per heavy atom. The Kier molecular flexibility index (Phi) is 4.32. The Morgan fingerprint density at radius 1 is 1.33 bits per heavy atom. The molecular formula is C13H11BrClFN2. The van der Waals surface area contributed by atoms with Gasteiger partial charge in [0, 0.05) is 10.7 Å². The summed E-state index contributed by atoms with van der Waals surface area (Å²) in [6.45, 7) is 0. The highest BCUT2D eigenvalue weighted by Gasteiger charge is 2.12. The van der Waals surface area contributed by atoms with Crippen LogP contribution in [0.4, 0.5) is 4.39 Å². The molecule has 0 radical (unpaired) electrons. The Hall–Kier alpha value is -0.970. The summed E-state index contributed by atoms with van der Waals surface area (Å²) in [5.74, 6) is -0.261. The van der Waals surface area contributed by atoms with Gasteiger partial charge in [-0.05, 0) is 42.3 Å². The van der Waals surface area contributed by atoms with E-state index in [0.717, 1.165) is 4.47 Å². The zero-order chi connectivity index (χ0) is 13.1. The van der Waals surface area contributed by atoms with Crippen molar-refractivity contribution in [2.75, 3.05) is 0 Å². The second kappa shape index (κ2) is 5.78. The highest BCUT2D eigenvalue weighted by molar-refractivity contribution is 9.10. The van der Waals surface area contributed by atoms with Gasteiger partial charge in [0.05, 0.1) is 16.8 Å². The number of halogens is 3. The molecule has 0 aliphatic heterocycles. The van der Waals surface area contributed by atoms with Gasteiger partial charge in [-0.3, -0.25) is 4.98 Å². The van der Waals surface area contributed by atoms with Crippen LogP contribution in [0.3, 0.4) is 0 Å². The summed E-state index contributed by atoms with van der Waals surface area (Å²) < 4.78 is 14.4. The fourth-order valence-electron chi connectivity index (χ4n) is 1.65. The first-order chi connectivity index (χ1) is 8.56. The van der Waals surface area contributed by atoms with Crippen molar-refractivity contribution in [3.8, 4) is 0 Å². The molecule has 1 atom stereocenters. The fraction of sp³-hybridized carbons (Fsp3) is 0.154. The van der Waals surface area contributed by atoms with Crippen molar-refractivity contribution in [3.05, 3.63) is 63.1 Å². The molecule has 0 bridgehead atoms. The molecule has 18 heavy (non-hydrogen) atoms. The molecular weight excluding hydrogens is 319 g/mol. The highest BCUT2D eigenvalue weighted by Crippen LogP contribution is 2.21. The predicted molar refractivity (Wildman–Crippen MR) is 74.0 cm³/mol. The van der Waals surface area contributed by atoms with Gasteiger partial charge in [-0.2, -0.15) is 0 Å². The quantitative estimate of drug-likeness (QED) is 0.928. The molecule has 0 fully saturated rings. The van der Waals surface area contributed by atoms with Gasteiger partial charge in [0.25, 0.3) is 0 Å². The number of nitrogens with zero attached hydrogens (tertiary/aromatic N) is 1. The smallest absolute Gasteiger partial charge is 0.126 e. The molecule has 0 spiro atoms. The zero-order valence-corrected chi connectivity index (χ0v) is 11.7. The summed E-state index contributed by atoms with van der Waals surface area (Å²) in [7, 11) is 0. The Bertz CT molecular complexity index is 545. The monoisotopic (exact) mass is 328 g/mol. The van der Waals surface area contributed by atoms with Crippen LogP contribution in [0.25, 0.3) is 0 Å². The maximum Gasteiger partial charge on any atom is 0.126 e. The standard InChI is InChI=1S/C13H11BrClFN2/c14-9-1-3-11(16)8(5-9)6-12(17)13-4-2-10(15)7-18-13/h1-5,7,12H,6,17H2. The van der Waals surface area contributed by atoms with E-state index in [1.54, 1.807) is 24.3 Å². The molecule has 5 heteroatoms. The van der Waals surface area contributed by atoms with E-state index in [-0.39, 0.29) is 11.9 Å². The van der Waals surface area contributed by atoms with E-state index in [4.69, 9.17) is 17.3 Å². The molecule has 1 unspecified atom stereocenters. The third-order valence-electron chi connectivity index (χ3n) is 2.58. The molecule has 0 saturated heterocycles. The van der Waals surface area contributed by atoms with Gasteiger partial charge in [0.1, 0.15) is 5.82 Å². The Labute approximate surface area is 118 Å². The lowest BCUT2D eigenvalue weighted by atomic mass is 10.0. The average molecular weight is 330 g/mol. The molecule has 1 aromatic heterocycles. The third kappa shape index (κ3) is 3.28. The summed E-state index contributed by atoms with van der Waals surface area (Å²) >= 11 is 9.06. The lowest BCUT2D eigenvalue weighted by Crippen LogP contribution is -2.15. The summed E-state index contributed by atoms with van der Waals surface area (Å²) in [6, 6.07) is 7.92. The molecule has 0 amide bonds. The largest absolute Gasteiger partial charge is 0.322 e. The van der Waals surface area contributed by atoms with E-state index in [9.17, 15) is 4.39 Å². The summed E-state index contributed by atoms with van der Waals surface area (Å²) in [5, 5.41) is 0.555. The van der Waals surface area contributed by atoms with Crippen molar-refractivity contribution in [2.45, 2.75) is 12.5 Å². The number of hydrogen-bond donors (Lipinski definition) is 1. The Morgan fingerprint density at radius 3 is 2.78 bits per heavy atom. The lowest BCUT2D eigenvalue weighted by Gasteiger charge is -2.12. The molecule has 1 aromatic carbocycles. The van der Waals surface area contributed by atoms with Crippen molar-refractivity contribution >= 4 is 27.5 Å². The molecule has 2 nitrogen and oxygen atoms in total. The van der Waals surface area contributed by atoms with E-state index in [1.807, 2.05) is 0 Å². The molecule has 0 saturated carbocycles. The second-order valence-electron chi connectivity index (χ2n) is 3.95. The predicted octanol–water partition coefficient (Wildman–Crippen LogP) is 3.88. The van der Waals surface area contributed by atoms with E-state index in [0.29, 0.717) is 22.7 Å². The summed E-state index contributed by atoms with van der Waals surface area (Å²) in [4.78, 5) is 4.14. The maximum atomic E-state index is 13.6. The molecule has 1 heterocycles. The van der Waals surface area contributed by atoms with E-state index in [2.05, 4.69) is 20.9 Å². The number of nitrogens with two attached hydrogens (primary N) is 1. The fourth-order valence-corrected chi connectivity index (χ4v) is 2.17.